The molecule has 1 heterocycles. The molecule has 0 fully saturated rings. The lowest BCUT2D eigenvalue weighted by Crippen LogP contribution is -2.23. The molecule has 0 aliphatic heterocycles. The van der Waals surface area contributed by atoms with E-state index in [9.17, 15) is 33.3 Å². The fourth-order valence-corrected chi connectivity index (χ4v) is 2.68. The second-order valence-corrected chi connectivity index (χ2v) is 5.54. The molecule has 0 spiro atoms. The predicted molar refractivity (Wildman–Crippen MR) is 90.3 cm³/mol. The number of pyridine rings is 1. The molecule has 0 radical (unpaired) electrons. The summed E-state index contributed by atoms with van der Waals surface area (Å²) in [4.78, 5) is 22.8. The summed E-state index contributed by atoms with van der Waals surface area (Å²) in [6.07, 6.45) is -4.66. The Hall–Kier alpha value is -3.87. The molecule has 7 nitrogen and oxygen atoms in total. The van der Waals surface area contributed by atoms with Crippen LogP contribution >= 0.6 is 0 Å². The maximum absolute atomic E-state index is 13.1. The molecule has 0 aliphatic carbocycles. The highest BCUT2D eigenvalue weighted by Crippen LogP contribution is 2.33. The van der Waals surface area contributed by atoms with E-state index in [0.717, 1.165) is 34.9 Å². The van der Waals surface area contributed by atoms with Crippen LogP contribution in [0.25, 0.3) is 16.6 Å². The van der Waals surface area contributed by atoms with Gasteiger partial charge in [-0.3, -0.25) is 19.5 Å². The molecule has 136 valence electrons. The average Bonchev–Trinajstić information content (AvgIpc) is 2.61. The Bertz CT molecular complexity index is 1180. The molecule has 27 heavy (non-hydrogen) atoms. The van der Waals surface area contributed by atoms with Crippen LogP contribution < -0.4 is 11.3 Å². The standard InChI is InChI=1S/C17H9F3N4O3/c18-17(19,20)9-1-6-12-14(7-9)23(16(25)13(8-21)15(12)22)10-2-4-11(5-3-10)24(26)27/h1-7H,22H2. The maximum Gasteiger partial charge on any atom is 0.416 e. The van der Waals surface area contributed by atoms with Gasteiger partial charge in [0, 0.05) is 23.2 Å². The minimum atomic E-state index is -4.66. The first-order chi connectivity index (χ1) is 12.6. The molecule has 0 saturated carbocycles. The van der Waals surface area contributed by atoms with Gasteiger partial charge in [0.05, 0.1) is 21.7 Å². The Morgan fingerprint density at radius 2 is 1.78 bits per heavy atom. The summed E-state index contributed by atoms with van der Waals surface area (Å²) in [6.45, 7) is 0. The number of hydrogen-bond donors (Lipinski definition) is 1. The van der Waals surface area contributed by atoms with E-state index < -0.39 is 27.8 Å². The monoisotopic (exact) mass is 374 g/mol. The van der Waals surface area contributed by atoms with E-state index in [2.05, 4.69) is 0 Å². The molecule has 0 saturated heterocycles. The number of anilines is 1. The molecule has 2 aromatic carbocycles. The minimum Gasteiger partial charge on any atom is -0.397 e. The molecule has 3 rings (SSSR count). The number of non-ortho nitro benzene ring substituents is 1. The van der Waals surface area contributed by atoms with Crippen LogP contribution in [0.2, 0.25) is 0 Å². The first kappa shape index (κ1) is 17.9. The maximum atomic E-state index is 13.1. The first-order valence-electron chi connectivity index (χ1n) is 7.35. The van der Waals surface area contributed by atoms with Crippen LogP contribution in [0, 0.1) is 21.4 Å². The predicted octanol–water partition coefficient (Wildman–Crippen LogP) is 3.37. The lowest BCUT2D eigenvalue weighted by molar-refractivity contribution is -0.384. The van der Waals surface area contributed by atoms with Crippen LogP contribution in [0.4, 0.5) is 24.5 Å². The van der Waals surface area contributed by atoms with Crippen molar-refractivity contribution in [2.75, 3.05) is 5.73 Å². The Morgan fingerprint density at radius 1 is 1.15 bits per heavy atom. The molecule has 0 unspecified atom stereocenters. The summed E-state index contributed by atoms with van der Waals surface area (Å²) in [7, 11) is 0. The number of hydrogen-bond acceptors (Lipinski definition) is 5. The van der Waals surface area contributed by atoms with Crippen molar-refractivity contribution in [1.29, 1.82) is 5.26 Å². The zero-order chi connectivity index (χ0) is 19.9. The number of fused-ring (bicyclic) bond motifs is 1. The molecule has 0 aliphatic rings. The van der Waals surface area contributed by atoms with E-state index in [-0.39, 0.29) is 28.0 Å². The molecule has 2 N–H and O–H groups in total. The highest BCUT2D eigenvalue weighted by molar-refractivity contribution is 5.94. The van der Waals surface area contributed by atoms with Crippen molar-refractivity contribution in [3.63, 3.8) is 0 Å². The molecule has 0 bridgehead atoms. The Labute approximate surface area is 148 Å². The van der Waals surface area contributed by atoms with E-state index in [4.69, 9.17) is 5.73 Å². The zero-order valence-corrected chi connectivity index (χ0v) is 13.3. The highest BCUT2D eigenvalue weighted by Gasteiger charge is 2.31. The SMILES string of the molecule is N#Cc1c(N)c2ccc(C(F)(F)F)cc2n(-c2ccc([N+](=O)[O-])cc2)c1=O. The summed E-state index contributed by atoms with van der Waals surface area (Å²) in [5.74, 6) is 0. The third-order valence-electron chi connectivity index (χ3n) is 3.97. The lowest BCUT2D eigenvalue weighted by atomic mass is 10.1. The first-order valence-corrected chi connectivity index (χ1v) is 7.35. The van der Waals surface area contributed by atoms with Crippen LogP contribution in [-0.4, -0.2) is 9.49 Å². The van der Waals surface area contributed by atoms with Gasteiger partial charge in [-0.15, -0.1) is 0 Å². The summed E-state index contributed by atoms with van der Waals surface area (Å²) >= 11 is 0. The molecule has 0 amide bonds. The Kier molecular flexibility index (Phi) is 4.08. The number of rotatable bonds is 2. The van der Waals surface area contributed by atoms with Crippen LogP contribution in [0.3, 0.4) is 0 Å². The molecule has 1 aromatic heterocycles. The fraction of sp³-hybridized carbons (Fsp3) is 0.0588. The summed E-state index contributed by atoms with van der Waals surface area (Å²) in [6, 6.07) is 8.88. The molecular formula is C17H9F3N4O3. The topological polar surface area (TPSA) is 115 Å². The van der Waals surface area contributed by atoms with E-state index in [1.807, 2.05) is 0 Å². The third-order valence-corrected chi connectivity index (χ3v) is 3.97. The number of benzene rings is 2. The lowest BCUT2D eigenvalue weighted by Gasteiger charge is -2.15. The number of alkyl halides is 3. The summed E-state index contributed by atoms with van der Waals surface area (Å²) < 4.78 is 40.2. The van der Waals surface area contributed by atoms with Gasteiger partial charge < -0.3 is 5.73 Å². The van der Waals surface area contributed by atoms with Crippen LogP contribution in [0.1, 0.15) is 11.1 Å². The molecule has 10 heteroatoms. The van der Waals surface area contributed by atoms with E-state index in [1.54, 1.807) is 6.07 Å². The molecule has 0 atom stereocenters. The normalized spacial score (nSPS) is 11.3. The van der Waals surface area contributed by atoms with Crippen molar-refractivity contribution in [2.24, 2.45) is 0 Å². The number of nitriles is 1. The van der Waals surface area contributed by atoms with Gasteiger partial charge in [0.25, 0.3) is 11.2 Å². The molecule has 3 aromatic rings. The molecular weight excluding hydrogens is 365 g/mol. The van der Waals surface area contributed by atoms with Crippen molar-refractivity contribution in [2.45, 2.75) is 6.18 Å². The number of nitro groups is 1. The number of halogens is 3. The van der Waals surface area contributed by atoms with Gasteiger partial charge in [-0.1, -0.05) is 6.07 Å². The van der Waals surface area contributed by atoms with Gasteiger partial charge in [-0.25, -0.2) is 0 Å². The summed E-state index contributed by atoms with van der Waals surface area (Å²) in [5.41, 5.74) is 2.84. The average molecular weight is 374 g/mol. The van der Waals surface area contributed by atoms with Gasteiger partial charge in [0.2, 0.25) is 0 Å². The van der Waals surface area contributed by atoms with Crippen molar-refractivity contribution in [1.82, 2.24) is 4.57 Å². The number of nitrogen functional groups attached to an aromatic ring is 1. The second-order valence-electron chi connectivity index (χ2n) is 5.54. The number of nitrogens with two attached hydrogens (primary N) is 1. The van der Waals surface area contributed by atoms with Gasteiger partial charge in [-0.05, 0) is 24.3 Å². The van der Waals surface area contributed by atoms with E-state index >= 15 is 0 Å². The van der Waals surface area contributed by atoms with Crippen molar-refractivity contribution in [3.05, 3.63) is 74.1 Å². The summed E-state index contributed by atoms with van der Waals surface area (Å²) in [5, 5.41) is 20.1. The van der Waals surface area contributed by atoms with Gasteiger partial charge in [0.15, 0.2) is 0 Å². The van der Waals surface area contributed by atoms with Crippen LogP contribution in [0.15, 0.2) is 47.3 Å². The third kappa shape index (κ3) is 2.95. The highest BCUT2D eigenvalue weighted by atomic mass is 19.4. The second kappa shape index (κ2) is 6.14. The zero-order valence-electron chi connectivity index (χ0n) is 13.3. The van der Waals surface area contributed by atoms with Gasteiger partial charge in [-0.2, -0.15) is 18.4 Å². The fourth-order valence-electron chi connectivity index (χ4n) is 2.68. The minimum absolute atomic E-state index is 0.0615. The van der Waals surface area contributed by atoms with Crippen molar-refractivity contribution >= 4 is 22.3 Å². The van der Waals surface area contributed by atoms with Crippen molar-refractivity contribution < 1.29 is 18.1 Å². The van der Waals surface area contributed by atoms with Gasteiger partial charge >= 0.3 is 6.18 Å². The number of nitro benzene ring substituents is 1. The van der Waals surface area contributed by atoms with Crippen LogP contribution in [0.5, 0.6) is 0 Å². The van der Waals surface area contributed by atoms with E-state index in [0.29, 0.717) is 0 Å². The number of aromatic nitrogens is 1. The Morgan fingerprint density at radius 3 is 2.30 bits per heavy atom. The quantitative estimate of drug-likeness (QED) is 0.545. The Balaban J connectivity index is 2.43. The number of nitrogens with zero attached hydrogens (tertiary/aromatic N) is 3. The van der Waals surface area contributed by atoms with E-state index in [1.165, 1.54) is 12.1 Å². The van der Waals surface area contributed by atoms with Crippen molar-refractivity contribution in [3.8, 4) is 11.8 Å². The van der Waals surface area contributed by atoms with Crippen LogP contribution in [-0.2, 0) is 6.18 Å². The van der Waals surface area contributed by atoms with Gasteiger partial charge in [0.1, 0.15) is 11.6 Å². The largest absolute Gasteiger partial charge is 0.416 e. The smallest absolute Gasteiger partial charge is 0.397 e.